The van der Waals surface area contributed by atoms with Crippen LogP contribution in [0.25, 0.3) is 28.2 Å². The van der Waals surface area contributed by atoms with Gasteiger partial charge in [0, 0.05) is 40.7 Å². The van der Waals surface area contributed by atoms with Gasteiger partial charge in [-0.05, 0) is 56.1 Å². The Morgan fingerprint density at radius 1 is 1.12 bits per heavy atom. The lowest BCUT2D eigenvalue weighted by atomic mass is 9.86. The Morgan fingerprint density at radius 3 is 2.59 bits per heavy atom. The predicted molar refractivity (Wildman–Crippen MR) is 138 cm³/mol. The zero-order valence-corrected chi connectivity index (χ0v) is 20.3. The number of benzene rings is 2. The van der Waals surface area contributed by atoms with Gasteiger partial charge in [0.05, 0.1) is 5.69 Å². The van der Waals surface area contributed by atoms with Crippen LogP contribution in [0.3, 0.4) is 0 Å². The summed E-state index contributed by atoms with van der Waals surface area (Å²) in [6.45, 7) is 5.36. The normalized spacial score (nSPS) is 12.8. The molecule has 0 saturated carbocycles. The van der Waals surface area contributed by atoms with Gasteiger partial charge in [0.1, 0.15) is 0 Å². The van der Waals surface area contributed by atoms with Crippen molar-refractivity contribution in [2.45, 2.75) is 52.0 Å². The number of nitrogens with one attached hydrogen (secondary N) is 1. The molecule has 1 amide bonds. The first-order valence-corrected chi connectivity index (χ1v) is 12.4. The molecule has 168 valence electrons. The van der Waals surface area contributed by atoms with E-state index in [-0.39, 0.29) is 5.91 Å². The van der Waals surface area contributed by atoms with Crippen LogP contribution in [0.2, 0.25) is 0 Å². The summed E-state index contributed by atoms with van der Waals surface area (Å²) < 4.78 is 7.21. The summed E-state index contributed by atoms with van der Waals surface area (Å²) in [6.07, 6.45) is 9.16. The second-order valence-corrected chi connectivity index (χ2v) is 9.82. The van der Waals surface area contributed by atoms with E-state index in [1.807, 2.05) is 24.5 Å². The molecular weight excluding hydrogens is 414 g/mol. The summed E-state index contributed by atoms with van der Waals surface area (Å²) in [7, 11) is 3.83. The molecule has 0 bridgehead atoms. The highest BCUT2D eigenvalue weighted by Gasteiger charge is 2.26. The first kappa shape index (κ1) is 22.7. The third kappa shape index (κ3) is 4.37. The van der Waals surface area contributed by atoms with Gasteiger partial charge in [-0.1, -0.05) is 69.2 Å². The van der Waals surface area contributed by atoms with Crippen LogP contribution in [-0.4, -0.2) is 28.9 Å². The van der Waals surface area contributed by atoms with E-state index < -0.39 is 0 Å². The monoisotopic (exact) mass is 447 g/mol. The standard InChI is InChI=1S/C27H33N3OS/c1-5-10-20(11-6-2)25-23-16-15-21(27(31)28-32-29(3)4)18-24(23)30-17-9-13-19-12-7-8-14-22(19)26(25)30/h7-9,12-16,18,20H,5-6,10-11,17H2,1-4H3,(H,28,31). The van der Waals surface area contributed by atoms with Crippen molar-refractivity contribution in [2.75, 3.05) is 14.1 Å². The number of hydrogen-bond donors (Lipinski definition) is 1. The van der Waals surface area contributed by atoms with Gasteiger partial charge < -0.3 is 4.57 Å². The van der Waals surface area contributed by atoms with Gasteiger partial charge in [0.2, 0.25) is 0 Å². The van der Waals surface area contributed by atoms with Crippen molar-refractivity contribution >= 4 is 35.0 Å². The van der Waals surface area contributed by atoms with Crippen LogP contribution < -0.4 is 4.72 Å². The second-order valence-electron chi connectivity index (χ2n) is 8.70. The fraction of sp³-hybridized carbons (Fsp3) is 0.370. The van der Waals surface area contributed by atoms with E-state index in [4.69, 9.17) is 0 Å². The quantitative estimate of drug-likeness (QED) is 0.383. The van der Waals surface area contributed by atoms with E-state index in [0.717, 1.165) is 12.1 Å². The largest absolute Gasteiger partial charge is 0.336 e. The summed E-state index contributed by atoms with van der Waals surface area (Å²) >= 11 is 1.30. The molecule has 1 aliphatic heterocycles. The van der Waals surface area contributed by atoms with Gasteiger partial charge in [-0.2, -0.15) is 0 Å². The molecule has 3 aromatic rings. The fourth-order valence-electron chi connectivity index (χ4n) is 4.88. The summed E-state index contributed by atoms with van der Waals surface area (Å²) in [5.74, 6) is 0.449. The Balaban J connectivity index is 1.94. The van der Waals surface area contributed by atoms with E-state index in [1.54, 1.807) is 0 Å². The highest BCUT2D eigenvalue weighted by Crippen LogP contribution is 2.44. The molecule has 32 heavy (non-hydrogen) atoms. The molecule has 0 radical (unpaired) electrons. The summed E-state index contributed by atoms with van der Waals surface area (Å²) in [4.78, 5) is 12.8. The molecule has 4 rings (SSSR count). The van der Waals surface area contributed by atoms with E-state index in [9.17, 15) is 4.79 Å². The molecule has 0 fully saturated rings. The number of nitrogens with zero attached hydrogens (tertiary/aromatic N) is 2. The minimum Gasteiger partial charge on any atom is -0.336 e. The minimum absolute atomic E-state index is 0.0640. The van der Waals surface area contributed by atoms with Gasteiger partial charge >= 0.3 is 0 Å². The Hall–Kier alpha value is -2.50. The molecule has 0 atom stereocenters. The predicted octanol–water partition coefficient (Wildman–Crippen LogP) is 6.87. The Labute approximate surface area is 196 Å². The Kier molecular flexibility index (Phi) is 7.07. The minimum atomic E-state index is -0.0640. The number of carbonyl (C=O) groups excluding carboxylic acids is 1. The van der Waals surface area contributed by atoms with Crippen molar-refractivity contribution in [3.8, 4) is 11.3 Å². The summed E-state index contributed by atoms with van der Waals surface area (Å²) in [6, 6.07) is 14.9. The summed E-state index contributed by atoms with van der Waals surface area (Å²) in [5.41, 5.74) is 7.18. The number of rotatable bonds is 8. The highest BCUT2D eigenvalue weighted by molar-refractivity contribution is 7.95. The zero-order chi connectivity index (χ0) is 22.7. The highest BCUT2D eigenvalue weighted by atomic mass is 32.2. The number of amides is 1. The molecule has 0 saturated heterocycles. The maximum atomic E-state index is 12.8. The van der Waals surface area contributed by atoms with Gasteiger partial charge in [-0.25, -0.2) is 4.31 Å². The third-order valence-corrected chi connectivity index (χ3v) is 6.81. The van der Waals surface area contributed by atoms with E-state index in [1.165, 1.54) is 65.6 Å². The van der Waals surface area contributed by atoms with Crippen LogP contribution >= 0.6 is 12.1 Å². The average Bonchev–Trinajstić information content (AvgIpc) is 2.98. The van der Waals surface area contributed by atoms with Crippen molar-refractivity contribution in [1.82, 2.24) is 13.6 Å². The maximum Gasteiger partial charge on any atom is 0.262 e. The SMILES string of the molecule is CCCC(CCC)c1c2n(c3cc(C(=O)NSN(C)C)ccc13)CC=Cc1ccccc1-2. The summed E-state index contributed by atoms with van der Waals surface area (Å²) in [5, 5.41) is 1.29. The lowest BCUT2D eigenvalue weighted by Gasteiger charge is -2.19. The first-order valence-electron chi connectivity index (χ1n) is 11.6. The van der Waals surface area contributed by atoms with Crippen LogP contribution in [0, 0.1) is 0 Å². The molecule has 1 N–H and O–H groups in total. The van der Waals surface area contributed by atoms with Gasteiger partial charge in [0.25, 0.3) is 5.91 Å². The number of aromatic nitrogens is 1. The second kappa shape index (κ2) is 9.97. The third-order valence-electron chi connectivity index (χ3n) is 6.17. The Morgan fingerprint density at radius 2 is 1.88 bits per heavy atom. The molecule has 2 heterocycles. The van der Waals surface area contributed by atoms with Crippen molar-refractivity contribution in [2.24, 2.45) is 0 Å². The van der Waals surface area contributed by atoms with Crippen molar-refractivity contribution in [3.05, 3.63) is 65.2 Å². The molecular formula is C27H33N3OS. The van der Waals surface area contributed by atoms with Crippen LogP contribution in [0.5, 0.6) is 0 Å². The van der Waals surface area contributed by atoms with Crippen LogP contribution in [0.1, 0.15) is 66.9 Å². The topological polar surface area (TPSA) is 37.3 Å². The number of carbonyl (C=O) groups is 1. The van der Waals surface area contributed by atoms with E-state index >= 15 is 0 Å². The molecule has 1 aromatic heterocycles. The van der Waals surface area contributed by atoms with E-state index in [0.29, 0.717) is 11.5 Å². The fourth-order valence-corrected chi connectivity index (χ4v) is 5.26. The number of hydrogen-bond acceptors (Lipinski definition) is 3. The lowest BCUT2D eigenvalue weighted by Crippen LogP contribution is -2.20. The maximum absolute atomic E-state index is 12.8. The molecule has 1 aliphatic rings. The lowest BCUT2D eigenvalue weighted by molar-refractivity contribution is 0.0983. The van der Waals surface area contributed by atoms with Crippen LogP contribution in [0.4, 0.5) is 0 Å². The smallest absolute Gasteiger partial charge is 0.262 e. The van der Waals surface area contributed by atoms with E-state index in [2.05, 4.69) is 71.7 Å². The molecule has 2 aromatic carbocycles. The van der Waals surface area contributed by atoms with Crippen molar-refractivity contribution in [3.63, 3.8) is 0 Å². The van der Waals surface area contributed by atoms with Gasteiger partial charge in [-0.3, -0.25) is 9.52 Å². The molecule has 0 aliphatic carbocycles. The van der Waals surface area contributed by atoms with Crippen molar-refractivity contribution in [1.29, 1.82) is 0 Å². The molecule has 0 spiro atoms. The first-order chi connectivity index (χ1) is 15.5. The van der Waals surface area contributed by atoms with Crippen LogP contribution in [-0.2, 0) is 6.54 Å². The molecule has 5 heteroatoms. The molecule has 0 unspecified atom stereocenters. The Bertz CT molecular complexity index is 1140. The molecule has 4 nitrogen and oxygen atoms in total. The zero-order valence-electron chi connectivity index (χ0n) is 19.5. The van der Waals surface area contributed by atoms with Crippen molar-refractivity contribution < 1.29 is 4.79 Å². The van der Waals surface area contributed by atoms with Crippen LogP contribution in [0.15, 0.2) is 48.5 Å². The van der Waals surface area contributed by atoms with Gasteiger partial charge in [-0.15, -0.1) is 0 Å². The number of allylic oxidation sites excluding steroid dienone is 1. The number of fused-ring (bicyclic) bond motifs is 5. The van der Waals surface area contributed by atoms with Gasteiger partial charge in [0.15, 0.2) is 0 Å². The average molecular weight is 448 g/mol.